The molecule has 6 heteroatoms. The Morgan fingerprint density at radius 1 is 1.09 bits per heavy atom. The van der Waals surface area contributed by atoms with Gasteiger partial charge in [-0.05, 0) is 33.6 Å². The fourth-order valence-electron chi connectivity index (χ4n) is 1.80. The highest BCUT2D eigenvalue weighted by Gasteiger charge is 2.29. The third kappa shape index (κ3) is 5.23. The zero-order valence-electron chi connectivity index (χ0n) is 14.4. The molecule has 0 aliphatic heterocycles. The molecule has 0 atom stereocenters. The first-order valence-electron chi connectivity index (χ1n) is 7.79. The Morgan fingerprint density at radius 2 is 1.65 bits per heavy atom. The molecule has 0 unspecified atom stereocenters. The monoisotopic (exact) mass is 326 g/mol. The van der Waals surface area contributed by atoms with E-state index in [4.69, 9.17) is 14.2 Å². The normalized spacial score (nSPS) is 11.2. The topological polar surface area (TPSA) is 85.2 Å². The minimum Gasteiger partial charge on any atom is -0.504 e. The van der Waals surface area contributed by atoms with Crippen molar-refractivity contribution in [2.45, 2.75) is 53.1 Å². The lowest BCUT2D eigenvalue weighted by Gasteiger charge is -2.22. The molecule has 23 heavy (non-hydrogen) atoms. The molecule has 0 aromatic heterocycles. The van der Waals surface area contributed by atoms with Crippen LogP contribution in [0.25, 0.3) is 0 Å². The van der Waals surface area contributed by atoms with E-state index in [0.717, 1.165) is 6.42 Å². The van der Waals surface area contributed by atoms with Crippen LogP contribution < -0.4 is 9.47 Å². The molecule has 0 amide bonds. The summed E-state index contributed by atoms with van der Waals surface area (Å²) in [5, 5.41) is 20.0. The predicted molar refractivity (Wildman–Crippen MR) is 86.5 cm³/mol. The van der Waals surface area contributed by atoms with E-state index in [1.807, 2.05) is 13.8 Å². The van der Waals surface area contributed by atoms with E-state index < -0.39 is 23.1 Å². The zero-order valence-corrected chi connectivity index (χ0v) is 14.4. The van der Waals surface area contributed by atoms with Gasteiger partial charge in [-0.15, -0.1) is 0 Å². The highest BCUT2D eigenvalue weighted by atomic mass is 16.6. The summed E-state index contributed by atoms with van der Waals surface area (Å²) in [5.41, 5.74) is -0.971. The highest BCUT2D eigenvalue weighted by molar-refractivity contribution is 5.98. The van der Waals surface area contributed by atoms with Crippen LogP contribution in [0, 0.1) is 0 Å². The van der Waals surface area contributed by atoms with Gasteiger partial charge in [-0.25, -0.2) is 4.79 Å². The predicted octanol–water partition coefficient (Wildman–Crippen LogP) is 3.63. The summed E-state index contributed by atoms with van der Waals surface area (Å²) in [6, 6.07) is 1.24. The van der Waals surface area contributed by atoms with Gasteiger partial charge in [0.1, 0.15) is 5.60 Å². The minimum absolute atomic E-state index is 0.0878. The van der Waals surface area contributed by atoms with Gasteiger partial charge in [-0.2, -0.15) is 0 Å². The van der Waals surface area contributed by atoms with Crippen LogP contribution in [0.15, 0.2) is 6.07 Å². The molecule has 0 bridgehead atoms. The number of ether oxygens (including phenoxy) is 3. The molecule has 0 saturated heterocycles. The van der Waals surface area contributed by atoms with Gasteiger partial charge < -0.3 is 24.4 Å². The van der Waals surface area contributed by atoms with Crippen LogP contribution >= 0.6 is 0 Å². The lowest BCUT2D eigenvalue weighted by atomic mass is 10.1. The van der Waals surface area contributed by atoms with Gasteiger partial charge in [-0.1, -0.05) is 13.8 Å². The smallest absolute Gasteiger partial charge is 0.346 e. The van der Waals surface area contributed by atoms with Crippen LogP contribution in [0.2, 0.25) is 0 Å². The molecule has 0 radical (unpaired) electrons. The first-order valence-corrected chi connectivity index (χ1v) is 7.79. The third-order valence-corrected chi connectivity index (χ3v) is 2.71. The van der Waals surface area contributed by atoms with Gasteiger partial charge in [0.2, 0.25) is 0 Å². The zero-order chi connectivity index (χ0) is 17.6. The Morgan fingerprint density at radius 3 is 2.17 bits per heavy atom. The molecule has 130 valence electrons. The summed E-state index contributed by atoms with van der Waals surface area (Å²) in [7, 11) is 0. The molecular weight excluding hydrogens is 300 g/mol. The minimum atomic E-state index is -0.779. The molecule has 0 aliphatic carbocycles. The Hall–Kier alpha value is -2.11. The first-order chi connectivity index (χ1) is 10.7. The number of rotatable bonds is 7. The summed E-state index contributed by atoms with van der Waals surface area (Å²) in [5.74, 6) is -1.52. The van der Waals surface area contributed by atoms with Crippen LogP contribution in [0.4, 0.5) is 0 Å². The largest absolute Gasteiger partial charge is 0.504 e. The van der Waals surface area contributed by atoms with E-state index in [9.17, 15) is 15.0 Å². The van der Waals surface area contributed by atoms with Crippen LogP contribution in [0.5, 0.6) is 23.0 Å². The van der Waals surface area contributed by atoms with E-state index in [1.54, 1.807) is 20.8 Å². The number of phenols is 2. The fraction of sp³-hybridized carbons (Fsp3) is 0.588. The second kappa shape index (κ2) is 7.94. The van der Waals surface area contributed by atoms with Crippen molar-refractivity contribution in [3.8, 4) is 23.0 Å². The number of aromatic hydroxyl groups is 2. The van der Waals surface area contributed by atoms with Crippen molar-refractivity contribution in [3.05, 3.63) is 11.6 Å². The summed E-state index contributed by atoms with van der Waals surface area (Å²) < 4.78 is 16.4. The van der Waals surface area contributed by atoms with E-state index in [1.165, 1.54) is 6.07 Å². The second-order valence-corrected chi connectivity index (χ2v) is 6.15. The van der Waals surface area contributed by atoms with Crippen LogP contribution in [-0.2, 0) is 4.74 Å². The number of carbonyl (C=O) groups excluding carboxylic acids is 1. The standard InChI is InChI=1S/C17H26O6/c1-6-8-21-12-10-11(18)14(19)13(15(12)22-9-7-2)16(20)23-17(3,4)5/h10,18-19H,6-9H2,1-5H3. The molecule has 0 aliphatic rings. The molecule has 1 rings (SSSR count). The van der Waals surface area contributed by atoms with Crippen LogP contribution in [0.1, 0.15) is 57.8 Å². The van der Waals surface area contributed by atoms with Gasteiger partial charge >= 0.3 is 5.97 Å². The maximum atomic E-state index is 12.4. The van der Waals surface area contributed by atoms with Crippen molar-refractivity contribution in [3.63, 3.8) is 0 Å². The van der Waals surface area contributed by atoms with Crippen molar-refractivity contribution in [1.82, 2.24) is 0 Å². The highest BCUT2D eigenvalue weighted by Crippen LogP contribution is 2.44. The van der Waals surface area contributed by atoms with Crippen molar-refractivity contribution >= 4 is 5.97 Å². The van der Waals surface area contributed by atoms with Gasteiger partial charge in [0.05, 0.1) is 13.2 Å². The lowest BCUT2D eigenvalue weighted by Crippen LogP contribution is -2.24. The Labute approximate surface area is 137 Å². The number of hydrogen-bond donors (Lipinski definition) is 2. The molecule has 6 nitrogen and oxygen atoms in total. The summed E-state index contributed by atoms with van der Waals surface area (Å²) in [6.07, 6.45) is 1.46. The summed E-state index contributed by atoms with van der Waals surface area (Å²) in [6.45, 7) is 9.72. The van der Waals surface area contributed by atoms with E-state index in [2.05, 4.69) is 0 Å². The maximum Gasteiger partial charge on any atom is 0.346 e. The number of esters is 1. The van der Waals surface area contributed by atoms with E-state index in [0.29, 0.717) is 19.6 Å². The van der Waals surface area contributed by atoms with Crippen LogP contribution in [0.3, 0.4) is 0 Å². The average molecular weight is 326 g/mol. The molecule has 1 aromatic rings. The van der Waals surface area contributed by atoms with Gasteiger partial charge in [0.25, 0.3) is 0 Å². The average Bonchev–Trinajstić information content (AvgIpc) is 2.44. The molecule has 0 heterocycles. The number of carbonyl (C=O) groups is 1. The third-order valence-electron chi connectivity index (χ3n) is 2.71. The summed E-state index contributed by atoms with van der Waals surface area (Å²) in [4.78, 5) is 12.4. The van der Waals surface area contributed by atoms with Crippen molar-refractivity contribution < 1.29 is 29.2 Å². The van der Waals surface area contributed by atoms with Crippen molar-refractivity contribution in [1.29, 1.82) is 0 Å². The Balaban J connectivity index is 3.37. The van der Waals surface area contributed by atoms with E-state index in [-0.39, 0.29) is 17.1 Å². The van der Waals surface area contributed by atoms with Gasteiger partial charge in [0.15, 0.2) is 28.6 Å². The van der Waals surface area contributed by atoms with Crippen molar-refractivity contribution in [2.75, 3.05) is 13.2 Å². The van der Waals surface area contributed by atoms with Crippen molar-refractivity contribution in [2.24, 2.45) is 0 Å². The quantitative estimate of drug-likeness (QED) is 0.588. The molecule has 0 fully saturated rings. The number of hydrogen-bond acceptors (Lipinski definition) is 6. The number of phenolic OH excluding ortho intramolecular Hbond substituents is 2. The van der Waals surface area contributed by atoms with E-state index >= 15 is 0 Å². The molecule has 1 aromatic carbocycles. The fourth-order valence-corrected chi connectivity index (χ4v) is 1.80. The Kier molecular flexibility index (Phi) is 6.54. The molecule has 0 saturated carbocycles. The number of benzene rings is 1. The SMILES string of the molecule is CCCOc1cc(O)c(O)c(C(=O)OC(C)(C)C)c1OCCC. The Bertz CT molecular complexity index is 545. The summed E-state index contributed by atoms with van der Waals surface area (Å²) >= 11 is 0. The van der Waals surface area contributed by atoms with Crippen LogP contribution in [-0.4, -0.2) is 35.0 Å². The second-order valence-electron chi connectivity index (χ2n) is 6.15. The first kappa shape index (κ1) is 18.9. The molecule has 2 N–H and O–H groups in total. The molecular formula is C17H26O6. The lowest BCUT2D eigenvalue weighted by molar-refractivity contribution is 0.00613. The molecule has 0 spiro atoms. The maximum absolute atomic E-state index is 12.4. The van der Waals surface area contributed by atoms with Gasteiger partial charge in [0, 0.05) is 6.07 Å². The van der Waals surface area contributed by atoms with Gasteiger partial charge in [-0.3, -0.25) is 0 Å².